The quantitative estimate of drug-likeness (QED) is 0.848. The number of benzene rings is 2. The van der Waals surface area contributed by atoms with Crippen LogP contribution >= 0.6 is 23.2 Å². The monoisotopic (exact) mass is 320 g/mol. The van der Waals surface area contributed by atoms with Crippen molar-refractivity contribution in [3.05, 3.63) is 57.6 Å². The number of hydrogen-bond acceptors (Lipinski definition) is 2. The number of amides is 1. The number of halogens is 2. The molecule has 1 aliphatic rings. The summed E-state index contributed by atoms with van der Waals surface area (Å²) >= 11 is 12.0. The van der Waals surface area contributed by atoms with Gasteiger partial charge in [0.2, 0.25) is 0 Å². The van der Waals surface area contributed by atoms with Crippen LogP contribution in [0.3, 0.4) is 0 Å². The van der Waals surface area contributed by atoms with E-state index >= 15 is 0 Å². The predicted molar refractivity (Wildman–Crippen MR) is 87.7 cm³/mol. The Morgan fingerprint density at radius 2 is 2.05 bits per heavy atom. The smallest absolute Gasteiger partial charge is 0.255 e. The third kappa shape index (κ3) is 2.99. The minimum Gasteiger partial charge on any atom is -0.385 e. The van der Waals surface area contributed by atoms with Gasteiger partial charge in [0.25, 0.3) is 5.91 Å². The highest BCUT2D eigenvalue weighted by atomic mass is 35.5. The van der Waals surface area contributed by atoms with Crippen LogP contribution in [0.4, 0.5) is 11.4 Å². The molecule has 2 N–H and O–H groups in total. The molecule has 0 spiro atoms. The summed E-state index contributed by atoms with van der Waals surface area (Å²) in [5, 5.41) is 6.90. The Hall–Kier alpha value is -1.71. The van der Waals surface area contributed by atoms with Crippen molar-refractivity contribution in [1.29, 1.82) is 0 Å². The average Bonchev–Trinajstić information content (AvgIpc) is 2.51. The van der Waals surface area contributed by atoms with Gasteiger partial charge < -0.3 is 10.6 Å². The molecule has 5 heteroatoms. The lowest BCUT2D eigenvalue weighted by molar-refractivity contribution is 0.102. The molecule has 108 valence electrons. The Morgan fingerprint density at radius 3 is 2.90 bits per heavy atom. The van der Waals surface area contributed by atoms with Gasteiger partial charge in [0.1, 0.15) is 0 Å². The van der Waals surface area contributed by atoms with E-state index in [-0.39, 0.29) is 5.91 Å². The molecule has 0 atom stereocenters. The second-order valence-electron chi connectivity index (χ2n) is 4.96. The van der Waals surface area contributed by atoms with Crippen LogP contribution in [0.15, 0.2) is 36.4 Å². The Labute approximate surface area is 133 Å². The lowest BCUT2D eigenvalue weighted by Crippen LogP contribution is -2.15. The largest absolute Gasteiger partial charge is 0.385 e. The van der Waals surface area contributed by atoms with Gasteiger partial charge in [-0.15, -0.1) is 0 Å². The number of anilines is 2. The van der Waals surface area contributed by atoms with E-state index in [4.69, 9.17) is 23.2 Å². The molecular formula is C16H14Cl2N2O. The number of carbonyl (C=O) groups excluding carboxylic acids is 1. The summed E-state index contributed by atoms with van der Waals surface area (Å²) in [5.74, 6) is -0.187. The number of rotatable bonds is 2. The molecule has 1 aliphatic heterocycles. The molecule has 2 aromatic carbocycles. The highest BCUT2D eigenvalue weighted by molar-refractivity contribution is 6.44. The van der Waals surface area contributed by atoms with Gasteiger partial charge in [-0.3, -0.25) is 4.79 Å². The second kappa shape index (κ2) is 5.96. The zero-order valence-electron chi connectivity index (χ0n) is 11.2. The maximum absolute atomic E-state index is 12.3. The third-order valence-electron chi connectivity index (χ3n) is 3.51. The highest BCUT2D eigenvalue weighted by Crippen LogP contribution is 2.30. The van der Waals surface area contributed by atoms with Gasteiger partial charge >= 0.3 is 0 Å². The van der Waals surface area contributed by atoms with Gasteiger partial charge in [-0.25, -0.2) is 0 Å². The molecule has 0 aliphatic carbocycles. The first-order chi connectivity index (χ1) is 10.1. The van der Waals surface area contributed by atoms with Crippen molar-refractivity contribution < 1.29 is 4.79 Å². The summed E-state index contributed by atoms with van der Waals surface area (Å²) in [6, 6.07) is 10.8. The summed E-state index contributed by atoms with van der Waals surface area (Å²) in [7, 11) is 0. The van der Waals surface area contributed by atoms with E-state index in [2.05, 4.69) is 10.6 Å². The van der Waals surface area contributed by atoms with E-state index in [1.165, 1.54) is 5.56 Å². The topological polar surface area (TPSA) is 41.1 Å². The van der Waals surface area contributed by atoms with E-state index in [1.807, 2.05) is 18.2 Å². The normalized spacial score (nSPS) is 13.2. The molecule has 0 saturated heterocycles. The van der Waals surface area contributed by atoms with Crippen LogP contribution in [0.2, 0.25) is 10.0 Å². The Morgan fingerprint density at radius 1 is 1.19 bits per heavy atom. The second-order valence-corrected chi connectivity index (χ2v) is 5.74. The van der Waals surface area contributed by atoms with Crippen LogP contribution < -0.4 is 10.6 Å². The van der Waals surface area contributed by atoms with Gasteiger partial charge in [-0.2, -0.15) is 0 Å². The van der Waals surface area contributed by atoms with Gasteiger partial charge in [-0.1, -0.05) is 29.3 Å². The molecule has 1 amide bonds. The van der Waals surface area contributed by atoms with Gasteiger partial charge in [0.05, 0.1) is 15.7 Å². The number of nitrogens with one attached hydrogen (secondary N) is 2. The van der Waals surface area contributed by atoms with Gasteiger partial charge in [-0.05, 0) is 48.7 Å². The molecule has 3 rings (SSSR count). The molecule has 21 heavy (non-hydrogen) atoms. The summed E-state index contributed by atoms with van der Waals surface area (Å²) in [5.41, 5.74) is 3.42. The van der Waals surface area contributed by atoms with Gasteiger partial charge in [0.15, 0.2) is 0 Å². The first-order valence-corrected chi connectivity index (χ1v) is 7.53. The lowest BCUT2D eigenvalue weighted by atomic mass is 10.0. The molecule has 0 aromatic heterocycles. The molecule has 0 bridgehead atoms. The summed E-state index contributed by atoms with van der Waals surface area (Å²) in [6.45, 7) is 0.983. The van der Waals surface area contributed by atoms with E-state index in [0.717, 1.165) is 25.1 Å². The van der Waals surface area contributed by atoms with E-state index in [1.54, 1.807) is 18.2 Å². The average molecular weight is 321 g/mol. The molecule has 0 fully saturated rings. The van der Waals surface area contributed by atoms with Crippen LogP contribution in [0.1, 0.15) is 22.3 Å². The molecule has 3 nitrogen and oxygen atoms in total. The van der Waals surface area contributed by atoms with Crippen molar-refractivity contribution in [1.82, 2.24) is 0 Å². The maximum Gasteiger partial charge on any atom is 0.255 e. The van der Waals surface area contributed by atoms with Crippen molar-refractivity contribution in [3.8, 4) is 0 Å². The third-order valence-corrected chi connectivity index (χ3v) is 4.32. The Balaban J connectivity index is 1.84. The molecule has 0 radical (unpaired) electrons. The number of carbonyl (C=O) groups is 1. The minimum absolute atomic E-state index is 0.187. The predicted octanol–water partition coefficient (Wildman–Crippen LogP) is 4.60. The maximum atomic E-state index is 12.3. The summed E-state index contributed by atoms with van der Waals surface area (Å²) in [6.07, 6.45) is 2.07. The molecule has 0 unspecified atom stereocenters. The van der Waals surface area contributed by atoms with Crippen molar-refractivity contribution in [2.24, 2.45) is 0 Å². The minimum atomic E-state index is -0.187. The first kappa shape index (κ1) is 14.2. The SMILES string of the molecule is O=C(Nc1cccc(Cl)c1Cl)c1ccc2c(c1)CCCN2. The van der Waals surface area contributed by atoms with Crippen LogP contribution in [0.5, 0.6) is 0 Å². The first-order valence-electron chi connectivity index (χ1n) is 6.77. The number of aryl methyl sites for hydroxylation is 1. The van der Waals surface area contributed by atoms with E-state index in [9.17, 15) is 4.79 Å². The van der Waals surface area contributed by atoms with Gasteiger partial charge in [0, 0.05) is 17.8 Å². The van der Waals surface area contributed by atoms with E-state index < -0.39 is 0 Å². The lowest BCUT2D eigenvalue weighted by Gasteiger charge is -2.18. The Kier molecular flexibility index (Phi) is 4.04. The standard InChI is InChI=1S/C16H14Cl2N2O/c17-12-4-1-5-14(15(12)18)20-16(21)11-6-7-13-10(9-11)3-2-8-19-13/h1,4-7,9,19H,2-3,8H2,(H,20,21). The van der Waals surface area contributed by atoms with Crippen LogP contribution in [0.25, 0.3) is 0 Å². The molecule has 0 saturated carbocycles. The van der Waals surface area contributed by atoms with E-state index in [0.29, 0.717) is 21.3 Å². The number of fused-ring (bicyclic) bond motifs is 1. The van der Waals surface area contributed by atoms with Crippen LogP contribution in [-0.2, 0) is 6.42 Å². The van der Waals surface area contributed by atoms with Crippen molar-refractivity contribution in [3.63, 3.8) is 0 Å². The zero-order valence-corrected chi connectivity index (χ0v) is 12.8. The Bertz CT molecular complexity index is 701. The van der Waals surface area contributed by atoms with Crippen LogP contribution in [-0.4, -0.2) is 12.5 Å². The fourth-order valence-electron chi connectivity index (χ4n) is 2.41. The molecule has 2 aromatic rings. The molecule has 1 heterocycles. The van der Waals surface area contributed by atoms with Crippen molar-refractivity contribution >= 4 is 40.5 Å². The van der Waals surface area contributed by atoms with Crippen molar-refractivity contribution in [2.75, 3.05) is 17.2 Å². The number of hydrogen-bond donors (Lipinski definition) is 2. The summed E-state index contributed by atoms with van der Waals surface area (Å²) < 4.78 is 0. The summed E-state index contributed by atoms with van der Waals surface area (Å²) in [4.78, 5) is 12.3. The fraction of sp³-hybridized carbons (Fsp3) is 0.188. The fourth-order valence-corrected chi connectivity index (χ4v) is 2.76. The molecular weight excluding hydrogens is 307 g/mol. The van der Waals surface area contributed by atoms with Crippen LogP contribution in [0, 0.1) is 0 Å². The zero-order chi connectivity index (χ0) is 14.8. The highest BCUT2D eigenvalue weighted by Gasteiger charge is 2.14. The van der Waals surface area contributed by atoms with Crippen molar-refractivity contribution in [2.45, 2.75) is 12.8 Å².